The van der Waals surface area contributed by atoms with E-state index >= 15 is 0 Å². The molecule has 3 atom stereocenters. The Morgan fingerprint density at radius 3 is 1.78 bits per heavy atom. The van der Waals surface area contributed by atoms with Crippen LogP contribution in [0.4, 0.5) is 0 Å². The average Bonchev–Trinajstić information content (AvgIpc) is 2.55. The van der Waals surface area contributed by atoms with Crippen molar-refractivity contribution in [3.8, 4) is 0 Å². The molecule has 1 saturated heterocycles. The molecule has 0 radical (unpaired) electrons. The Kier molecular flexibility index (Phi) is 6.43. The van der Waals surface area contributed by atoms with Crippen molar-refractivity contribution in [3.63, 3.8) is 0 Å². The molecule has 0 aromatic heterocycles. The molecule has 2 saturated carbocycles. The molecule has 2 nitrogen and oxygen atoms in total. The van der Waals surface area contributed by atoms with Gasteiger partial charge in [0, 0.05) is 12.3 Å². The summed E-state index contributed by atoms with van der Waals surface area (Å²) in [5.74, 6) is 4.42. The van der Waals surface area contributed by atoms with E-state index in [1.807, 2.05) is 0 Å². The Balaban J connectivity index is 1.34. The lowest BCUT2D eigenvalue weighted by Crippen LogP contribution is -2.38. The second-order valence-corrected chi connectivity index (χ2v) is 9.07. The van der Waals surface area contributed by atoms with Crippen LogP contribution in [0, 0.1) is 29.6 Å². The van der Waals surface area contributed by atoms with Crippen molar-refractivity contribution in [2.24, 2.45) is 29.6 Å². The van der Waals surface area contributed by atoms with Crippen LogP contribution < -0.4 is 0 Å². The van der Waals surface area contributed by atoms with Gasteiger partial charge in [0.15, 0.2) is 6.29 Å². The molecule has 1 heterocycles. The van der Waals surface area contributed by atoms with E-state index < -0.39 is 0 Å². The number of hydrogen-bond donors (Lipinski definition) is 0. The first-order valence-electron chi connectivity index (χ1n) is 10.4. The first kappa shape index (κ1) is 17.7. The van der Waals surface area contributed by atoms with Gasteiger partial charge in [-0.1, -0.05) is 52.4 Å². The second kappa shape index (κ2) is 8.34. The topological polar surface area (TPSA) is 18.5 Å². The van der Waals surface area contributed by atoms with Gasteiger partial charge in [-0.25, -0.2) is 0 Å². The summed E-state index contributed by atoms with van der Waals surface area (Å²) in [5, 5.41) is 0. The molecule has 0 amide bonds. The number of hydrogen-bond acceptors (Lipinski definition) is 2. The summed E-state index contributed by atoms with van der Waals surface area (Å²) in [6, 6.07) is 0. The van der Waals surface area contributed by atoms with Gasteiger partial charge < -0.3 is 9.47 Å². The lowest BCUT2D eigenvalue weighted by molar-refractivity contribution is -0.235. The minimum absolute atomic E-state index is 0.0718. The molecule has 2 aliphatic carbocycles. The molecular weight excluding hydrogens is 284 g/mol. The van der Waals surface area contributed by atoms with Gasteiger partial charge >= 0.3 is 0 Å². The fraction of sp³-hybridized carbons (Fsp3) is 1.00. The lowest BCUT2D eigenvalue weighted by Gasteiger charge is -2.37. The summed E-state index contributed by atoms with van der Waals surface area (Å²) in [6.07, 6.45) is 14.8. The van der Waals surface area contributed by atoms with Gasteiger partial charge in [-0.3, -0.25) is 0 Å². The van der Waals surface area contributed by atoms with Crippen LogP contribution in [-0.4, -0.2) is 19.0 Å². The van der Waals surface area contributed by atoms with E-state index in [0.717, 1.165) is 36.7 Å². The molecule has 0 aromatic carbocycles. The molecule has 2 heteroatoms. The molecule has 1 aliphatic heterocycles. The Hall–Kier alpha value is -0.0800. The van der Waals surface area contributed by atoms with Gasteiger partial charge in [-0.2, -0.15) is 0 Å². The molecule has 0 bridgehead atoms. The molecule has 3 aliphatic rings. The highest BCUT2D eigenvalue weighted by Crippen LogP contribution is 2.39. The molecule has 0 spiro atoms. The first-order chi connectivity index (χ1) is 11.1. The monoisotopic (exact) mass is 322 g/mol. The minimum atomic E-state index is 0.0718. The number of rotatable bonds is 4. The van der Waals surface area contributed by atoms with Crippen LogP contribution >= 0.6 is 0 Å². The quantitative estimate of drug-likeness (QED) is 0.651. The maximum atomic E-state index is 6.04. The average molecular weight is 323 g/mol. The van der Waals surface area contributed by atoms with Gasteiger partial charge in [0.1, 0.15) is 0 Å². The smallest absolute Gasteiger partial charge is 0.158 e. The van der Waals surface area contributed by atoms with E-state index in [-0.39, 0.29) is 6.29 Å². The largest absolute Gasteiger partial charge is 0.352 e. The summed E-state index contributed by atoms with van der Waals surface area (Å²) in [5.41, 5.74) is 0. The van der Waals surface area contributed by atoms with Crippen LogP contribution in [0.2, 0.25) is 0 Å². The summed E-state index contributed by atoms with van der Waals surface area (Å²) < 4.78 is 11.9. The Labute approximate surface area is 143 Å². The van der Waals surface area contributed by atoms with E-state index in [9.17, 15) is 0 Å². The second-order valence-electron chi connectivity index (χ2n) is 9.07. The van der Waals surface area contributed by atoms with Crippen molar-refractivity contribution in [3.05, 3.63) is 0 Å². The van der Waals surface area contributed by atoms with E-state index in [1.165, 1.54) is 57.8 Å². The summed E-state index contributed by atoms with van der Waals surface area (Å²) >= 11 is 0. The normalized spacial score (nSPS) is 45.8. The van der Waals surface area contributed by atoms with Crippen molar-refractivity contribution in [1.29, 1.82) is 0 Å². The van der Waals surface area contributed by atoms with Gasteiger partial charge in [0.2, 0.25) is 0 Å². The molecule has 0 aromatic rings. The Morgan fingerprint density at radius 2 is 1.22 bits per heavy atom. The van der Waals surface area contributed by atoms with E-state index in [2.05, 4.69) is 20.8 Å². The van der Waals surface area contributed by atoms with Crippen molar-refractivity contribution in [2.45, 2.75) is 97.4 Å². The van der Waals surface area contributed by atoms with E-state index in [1.54, 1.807) is 0 Å². The Morgan fingerprint density at radius 1 is 0.696 bits per heavy atom. The third-order valence-electron chi connectivity index (χ3n) is 7.01. The molecule has 134 valence electrons. The van der Waals surface area contributed by atoms with E-state index in [4.69, 9.17) is 9.47 Å². The highest BCUT2D eigenvalue weighted by atomic mass is 16.7. The third-order valence-corrected chi connectivity index (χ3v) is 7.01. The van der Waals surface area contributed by atoms with Gasteiger partial charge in [-0.15, -0.1) is 0 Å². The maximum absolute atomic E-state index is 6.04. The lowest BCUT2D eigenvalue weighted by atomic mass is 9.73. The standard InChI is InChI=1S/C21H38O2/c1-15-4-6-18(7-5-15)12-19-8-10-20(11-9-19)13-21-22-14-16(2)17(3)23-21/h15-21H,4-14H2,1-3H3. The zero-order valence-electron chi connectivity index (χ0n) is 15.6. The van der Waals surface area contributed by atoms with Crippen LogP contribution in [0.5, 0.6) is 0 Å². The van der Waals surface area contributed by atoms with Crippen LogP contribution in [0.25, 0.3) is 0 Å². The molecule has 3 rings (SSSR count). The predicted molar refractivity (Wildman–Crippen MR) is 95.3 cm³/mol. The van der Waals surface area contributed by atoms with Crippen molar-refractivity contribution >= 4 is 0 Å². The van der Waals surface area contributed by atoms with Gasteiger partial charge in [0.05, 0.1) is 12.7 Å². The SMILES string of the molecule is CC1CCC(CC2CCC(CC3OCC(C)C(C)O3)CC2)CC1. The maximum Gasteiger partial charge on any atom is 0.158 e. The van der Waals surface area contributed by atoms with Crippen molar-refractivity contribution in [2.75, 3.05) is 6.61 Å². The van der Waals surface area contributed by atoms with Crippen molar-refractivity contribution < 1.29 is 9.47 Å². The van der Waals surface area contributed by atoms with Gasteiger partial charge in [-0.05, 0) is 49.9 Å². The highest BCUT2D eigenvalue weighted by Gasteiger charge is 2.31. The van der Waals surface area contributed by atoms with Crippen LogP contribution in [-0.2, 0) is 9.47 Å². The highest BCUT2D eigenvalue weighted by molar-refractivity contribution is 4.79. The zero-order valence-corrected chi connectivity index (χ0v) is 15.6. The fourth-order valence-corrected chi connectivity index (χ4v) is 4.94. The van der Waals surface area contributed by atoms with Crippen LogP contribution in [0.3, 0.4) is 0 Å². The third kappa shape index (κ3) is 5.19. The van der Waals surface area contributed by atoms with Crippen LogP contribution in [0.15, 0.2) is 0 Å². The molecular formula is C21H38O2. The molecule has 3 fully saturated rings. The summed E-state index contributed by atoms with van der Waals surface area (Å²) in [6.45, 7) is 7.72. The predicted octanol–water partition coefficient (Wildman–Crippen LogP) is 5.80. The number of ether oxygens (including phenoxy) is 2. The summed E-state index contributed by atoms with van der Waals surface area (Å²) in [4.78, 5) is 0. The van der Waals surface area contributed by atoms with Gasteiger partial charge in [0.25, 0.3) is 0 Å². The van der Waals surface area contributed by atoms with Crippen LogP contribution in [0.1, 0.15) is 85.0 Å². The minimum Gasteiger partial charge on any atom is -0.352 e. The first-order valence-corrected chi connectivity index (χ1v) is 10.4. The summed E-state index contributed by atoms with van der Waals surface area (Å²) in [7, 11) is 0. The Bertz CT molecular complexity index is 340. The fourth-order valence-electron chi connectivity index (χ4n) is 4.94. The molecule has 0 N–H and O–H groups in total. The van der Waals surface area contributed by atoms with E-state index in [0.29, 0.717) is 12.0 Å². The molecule has 23 heavy (non-hydrogen) atoms. The van der Waals surface area contributed by atoms with Crippen molar-refractivity contribution in [1.82, 2.24) is 0 Å². The zero-order chi connectivity index (χ0) is 16.2. The molecule has 3 unspecified atom stereocenters.